The number of carbonyl (C=O) groups excluding carboxylic acids is 3. The molecule has 7 heteroatoms. The van der Waals surface area contributed by atoms with Crippen molar-refractivity contribution < 1.29 is 28.1 Å². The number of allylic oxidation sites excluding steroid dienone is 4. The summed E-state index contributed by atoms with van der Waals surface area (Å²) in [6, 6.07) is 0. The Morgan fingerprint density at radius 1 is 1.33 bits per heavy atom. The molecule has 4 aliphatic carbocycles. The summed E-state index contributed by atoms with van der Waals surface area (Å²) in [5.74, 6) is -0.983. The Balaban J connectivity index is 1.82. The Kier molecular flexibility index (Phi) is 5.09. The minimum Gasteiger partial charge on any atom is -0.449 e. The standard InChI is InChI=1S/C23H29FO5S/c1-12-9-17-16-6-5-14-10-15(26)7-8-21(14,3)19(16)18(27)11-22(17,4)23(12,20(28)30-24)29-13(2)25/h5,7-8,12,16-19,27H,6,9-11H2,1-4H3/t12-,16?,17?,18+,19-,21+,22+,23?/m1/s1. The maximum absolute atomic E-state index is 13.6. The van der Waals surface area contributed by atoms with E-state index in [1.165, 1.54) is 6.92 Å². The van der Waals surface area contributed by atoms with Gasteiger partial charge in [-0.3, -0.25) is 14.4 Å². The zero-order valence-corrected chi connectivity index (χ0v) is 18.6. The highest BCUT2D eigenvalue weighted by atomic mass is 32.2. The molecule has 4 rings (SSSR count). The van der Waals surface area contributed by atoms with E-state index in [4.69, 9.17) is 4.74 Å². The maximum atomic E-state index is 13.6. The van der Waals surface area contributed by atoms with Crippen molar-refractivity contribution in [2.75, 3.05) is 0 Å². The van der Waals surface area contributed by atoms with Gasteiger partial charge in [-0.2, -0.15) is 3.89 Å². The average molecular weight is 437 g/mol. The fraction of sp³-hybridized carbons (Fsp3) is 0.696. The fourth-order valence-corrected chi connectivity index (χ4v) is 8.12. The number of ketones is 1. The predicted octanol–water partition coefficient (Wildman–Crippen LogP) is 3.96. The van der Waals surface area contributed by atoms with Gasteiger partial charge in [-0.05, 0) is 37.2 Å². The molecule has 2 saturated carbocycles. The molecule has 4 aliphatic rings. The summed E-state index contributed by atoms with van der Waals surface area (Å²) in [4.78, 5) is 36.9. The van der Waals surface area contributed by atoms with Crippen molar-refractivity contribution in [1.29, 1.82) is 0 Å². The van der Waals surface area contributed by atoms with Crippen molar-refractivity contribution in [3.63, 3.8) is 0 Å². The van der Waals surface area contributed by atoms with E-state index >= 15 is 0 Å². The average Bonchev–Trinajstić information content (AvgIpc) is 2.88. The lowest BCUT2D eigenvalue weighted by Gasteiger charge is -2.59. The fourth-order valence-electron chi connectivity index (χ4n) is 7.53. The topological polar surface area (TPSA) is 80.7 Å². The molecule has 0 radical (unpaired) electrons. The molecule has 164 valence electrons. The second-order valence-corrected chi connectivity index (χ2v) is 10.6. The molecule has 8 atom stereocenters. The van der Waals surface area contributed by atoms with Crippen LogP contribution in [0.2, 0.25) is 0 Å². The smallest absolute Gasteiger partial charge is 0.303 e. The van der Waals surface area contributed by atoms with Crippen LogP contribution in [0.1, 0.15) is 53.4 Å². The number of esters is 1. The van der Waals surface area contributed by atoms with E-state index in [1.807, 2.05) is 19.9 Å². The van der Waals surface area contributed by atoms with Crippen LogP contribution >= 0.6 is 12.1 Å². The minimum absolute atomic E-state index is 0.0167. The Morgan fingerprint density at radius 2 is 2.03 bits per heavy atom. The van der Waals surface area contributed by atoms with Crippen LogP contribution in [0.4, 0.5) is 3.89 Å². The normalized spacial score (nSPS) is 47.1. The van der Waals surface area contributed by atoms with Gasteiger partial charge < -0.3 is 9.84 Å². The van der Waals surface area contributed by atoms with E-state index in [0.29, 0.717) is 19.3 Å². The van der Waals surface area contributed by atoms with Crippen molar-refractivity contribution in [3.8, 4) is 0 Å². The second kappa shape index (κ2) is 7.02. The number of ether oxygens (including phenoxy) is 1. The first-order valence-corrected chi connectivity index (χ1v) is 11.3. The van der Waals surface area contributed by atoms with Crippen molar-refractivity contribution in [1.82, 2.24) is 0 Å². The number of aliphatic hydroxyl groups is 1. The molecule has 0 aromatic rings. The van der Waals surface area contributed by atoms with Crippen molar-refractivity contribution in [2.45, 2.75) is 65.1 Å². The molecule has 2 fully saturated rings. The molecule has 0 aliphatic heterocycles. The predicted molar refractivity (Wildman–Crippen MR) is 111 cm³/mol. The largest absolute Gasteiger partial charge is 0.449 e. The van der Waals surface area contributed by atoms with Gasteiger partial charge in [0.15, 0.2) is 11.4 Å². The van der Waals surface area contributed by atoms with Gasteiger partial charge in [0.05, 0.1) is 6.10 Å². The number of aliphatic hydroxyl groups excluding tert-OH is 1. The first kappa shape index (κ1) is 21.8. The van der Waals surface area contributed by atoms with Crippen molar-refractivity contribution in [2.24, 2.45) is 34.5 Å². The molecular weight excluding hydrogens is 407 g/mol. The summed E-state index contributed by atoms with van der Waals surface area (Å²) in [7, 11) is 0. The van der Waals surface area contributed by atoms with Gasteiger partial charge in [-0.1, -0.05) is 38.5 Å². The lowest BCUT2D eigenvalue weighted by atomic mass is 9.47. The minimum atomic E-state index is -1.60. The van der Waals surface area contributed by atoms with Gasteiger partial charge in [0.25, 0.3) is 5.12 Å². The van der Waals surface area contributed by atoms with Crippen LogP contribution in [0, 0.1) is 34.5 Å². The summed E-state index contributed by atoms with van der Waals surface area (Å²) < 4.78 is 19.3. The molecule has 0 aromatic carbocycles. The van der Waals surface area contributed by atoms with Gasteiger partial charge in [0.1, 0.15) is 12.1 Å². The van der Waals surface area contributed by atoms with Gasteiger partial charge in [0.2, 0.25) is 0 Å². The molecule has 3 unspecified atom stereocenters. The zero-order chi connectivity index (χ0) is 22.1. The monoisotopic (exact) mass is 436 g/mol. The Hall–Kier alpha value is -1.47. The highest BCUT2D eigenvalue weighted by molar-refractivity contribution is 8.09. The first-order valence-electron chi connectivity index (χ1n) is 10.6. The van der Waals surface area contributed by atoms with Crippen LogP contribution in [0.15, 0.2) is 23.8 Å². The number of rotatable bonds is 2. The van der Waals surface area contributed by atoms with Gasteiger partial charge in [0, 0.05) is 36.0 Å². The number of halogens is 1. The van der Waals surface area contributed by atoms with E-state index < -0.39 is 33.6 Å². The van der Waals surface area contributed by atoms with E-state index in [1.54, 1.807) is 6.08 Å². The summed E-state index contributed by atoms with van der Waals surface area (Å²) >= 11 is -0.389. The molecule has 0 amide bonds. The summed E-state index contributed by atoms with van der Waals surface area (Å²) in [5.41, 5.74) is -1.85. The Bertz CT molecular complexity index is 868. The van der Waals surface area contributed by atoms with Crippen molar-refractivity contribution >= 4 is 29.0 Å². The van der Waals surface area contributed by atoms with Crippen LogP contribution in [-0.4, -0.2) is 33.7 Å². The third-order valence-electron chi connectivity index (χ3n) is 8.67. The molecule has 5 nitrogen and oxygen atoms in total. The third kappa shape index (κ3) is 2.67. The summed E-state index contributed by atoms with van der Waals surface area (Å²) in [6.45, 7) is 7.03. The number of fused-ring (bicyclic) bond motifs is 5. The van der Waals surface area contributed by atoms with E-state index in [-0.39, 0.29) is 48.0 Å². The van der Waals surface area contributed by atoms with E-state index in [9.17, 15) is 23.4 Å². The quantitative estimate of drug-likeness (QED) is 0.521. The molecule has 0 bridgehead atoms. The van der Waals surface area contributed by atoms with Crippen LogP contribution in [-0.2, 0) is 19.1 Å². The maximum Gasteiger partial charge on any atom is 0.303 e. The van der Waals surface area contributed by atoms with Gasteiger partial charge in [-0.15, -0.1) is 0 Å². The van der Waals surface area contributed by atoms with Crippen LogP contribution in [0.5, 0.6) is 0 Å². The number of hydrogen-bond donors (Lipinski definition) is 1. The SMILES string of the molecule is CC(=O)OC1(C(=O)SF)[C@H](C)CC2C3CC=C4CC(=O)C=C[C@]4(C)[C@H]3[C@@H](O)C[C@@]21C. The lowest BCUT2D eigenvalue weighted by Crippen LogP contribution is -2.62. The molecule has 1 N–H and O–H groups in total. The number of carbonyl (C=O) groups is 3. The van der Waals surface area contributed by atoms with Gasteiger partial charge >= 0.3 is 5.97 Å². The van der Waals surface area contributed by atoms with E-state index in [2.05, 4.69) is 13.0 Å². The summed E-state index contributed by atoms with van der Waals surface area (Å²) in [6.07, 6.45) is 6.81. The Labute approximate surface area is 180 Å². The van der Waals surface area contributed by atoms with Crippen LogP contribution < -0.4 is 0 Å². The van der Waals surface area contributed by atoms with E-state index in [0.717, 1.165) is 5.57 Å². The summed E-state index contributed by atoms with van der Waals surface area (Å²) in [5, 5.41) is 10.6. The Morgan fingerprint density at radius 3 is 2.67 bits per heavy atom. The molecule has 0 heterocycles. The molecular formula is C23H29FO5S. The second-order valence-electron chi connectivity index (χ2n) is 10.0. The van der Waals surface area contributed by atoms with Crippen LogP contribution in [0.3, 0.4) is 0 Å². The lowest BCUT2D eigenvalue weighted by molar-refractivity contribution is -0.197. The third-order valence-corrected chi connectivity index (χ3v) is 9.12. The molecule has 30 heavy (non-hydrogen) atoms. The first-order chi connectivity index (χ1) is 14.0. The van der Waals surface area contributed by atoms with Gasteiger partial charge in [-0.25, -0.2) is 0 Å². The molecule has 0 aromatic heterocycles. The zero-order valence-electron chi connectivity index (χ0n) is 17.8. The highest BCUT2D eigenvalue weighted by Crippen LogP contribution is 2.69. The number of hydrogen-bond acceptors (Lipinski definition) is 6. The molecule has 0 saturated heterocycles. The van der Waals surface area contributed by atoms with Crippen LogP contribution in [0.25, 0.3) is 0 Å². The molecule has 0 spiro atoms. The van der Waals surface area contributed by atoms with Crippen molar-refractivity contribution in [3.05, 3.63) is 23.8 Å². The highest BCUT2D eigenvalue weighted by Gasteiger charge is 2.73.